The minimum Gasteiger partial charge on any atom is -0.398 e. The molecule has 0 saturated heterocycles. The summed E-state index contributed by atoms with van der Waals surface area (Å²) in [6.07, 6.45) is 3.87. The third-order valence-electron chi connectivity index (χ3n) is 2.34. The largest absolute Gasteiger partial charge is 0.398 e. The number of rotatable bonds is 2. The Morgan fingerprint density at radius 2 is 2.17 bits per heavy atom. The van der Waals surface area contributed by atoms with Gasteiger partial charge in [0.2, 0.25) is 0 Å². The van der Waals surface area contributed by atoms with Crippen molar-refractivity contribution in [2.24, 2.45) is 0 Å². The maximum Gasteiger partial charge on any atom is 0.0405 e. The zero-order valence-electron chi connectivity index (χ0n) is 6.88. The fraction of sp³-hybridized carbons (Fsp3) is 0.300. The van der Waals surface area contributed by atoms with Gasteiger partial charge in [-0.25, -0.2) is 0 Å². The molecule has 1 aliphatic carbocycles. The molecule has 0 unspecified atom stereocenters. The maximum absolute atomic E-state index is 7.24. The average Bonchev–Trinajstić information content (AvgIpc) is 2.86. The molecule has 0 aliphatic heterocycles. The highest BCUT2D eigenvalue weighted by Gasteiger charge is 2.25. The van der Waals surface area contributed by atoms with Crippen LogP contribution < -0.4 is 5.73 Å². The Hall–Kier alpha value is -1.31. The lowest BCUT2D eigenvalue weighted by molar-refractivity contribution is 1.13. The number of nitrogen functional groups attached to an aromatic ring is 1. The van der Waals surface area contributed by atoms with Gasteiger partial charge >= 0.3 is 0 Å². The zero-order chi connectivity index (χ0) is 8.55. The van der Waals surface area contributed by atoms with Crippen molar-refractivity contribution in [2.75, 3.05) is 5.73 Å². The van der Waals surface area contributed by atoms with E-state index >= 15 is 0 Å². The van der Waals surface area contributed by atoms with Gasteiger partial charge in [-0.3, -0.25) is 0 Å². The molecule has 1 saturated carbocycles. The molecule has 2 heteroatoms. The van der Waals surface area contributed by atoms with E-state index in [1.54, 1.807) is 0 Å². The molecular weight excluding hydrogens is 148 g/mol. The summed E-state index contributed by atoms with van der Waals surface area (Å²) < 4.78 is 0. The van der Waals surface area contributed by atoms with Crippen LogP contribution in [-0.2, 0) is 0 Å². The molecule has 0 heterocycles. The van der Waals surface area contributed by atoms with Crippen molar-refractivity contribution in [3.8, 4) is 0 Å². The molecule has 1 fully saturated rings. The number of hydrogen-bond donors (Lipinski definition) is 2. The van der Waals surface area contributed by atoms with Gasteiger partial charge in [0.05, 0.1) is 0 Å². The second kappa shape index (κ2) is 2.63. The summed E-state index contributed by atoms with van der Waals surface area (Å²) in [6, 6.07) is 5.90. The van der Waals surface area contributed by atoms with Gasteiger partial charge < -0.3 is 11.1 Å². The Morgan fingerprint density at radius 1 is 1.42 bits per heavy atom. The molecule has 0 spiro atoms. The van der Waals surface area contributed by atoms with Crippen LogP contribution in [0.15, 0.2) is 18.2 Å². The molecular formula is C10H12N2. The summed E-state index contributed by atoms with van der Waals surface area (Å²) in [5.74, 6) is 0.671. The van der Waals surface area contributed by atoms with Crippen LogP contribution in [0.2, 0.25) is 0 Å². The van der Waals surface area contributed by atoms with Crippen LogP contribution in [0.1, 0.15) is 29.9 Å². The Bertz CT molecular complexity index is 314. The van der Waals surface area contributed by atoms with E-state index in [4.69, 9.17) is 11.1 Å². The number of nitrogens with two attached hydrogens (primary N) is 1. The molecule has 62 valence electrons. The molecule has 2 nitrogen and oxygen atoms in total. The first-order valence-electron chi connectivity index (χ1n) is 4.22. The smallest absolute Gasteiger partial charge is 0.0405 e. The minimum atomic E-state index is 0.671. The van der Waals surface area contributed by atoms with Crippen LogP contribution >= 0.6 is 0 Å². The van der Waals surface area contributed by atoms with Crippen molar-refractivity contribution < 1.29 is 0 Å². The minimum absolute atomic E-state index is 0.671. The standard InChI is InChI=1S/C10H12N2/c11-6-9-8(7-4-5-7)2-1-3-10(9)12/h1-3,6-7,11H,4-5,12H2. The fourth-order valence-corrected chi connectivity index (χ4v) is 1.52. The summed E-state index contributed by atoms with van der Waals surface area (Å²) in [4.78, 5) is 0. The first-order valence-corrected chi connectivity index (χ1v) is 4.22. The normalized spacial score (nSPS) is 16.0. The number of benzene rings is 1. The van der Waals surface area contributed by atoms with E-state index in [0.717, 1.165) is 11.3 Å². The van der Waals surface area contributed by atoms with Crippen LogP contribution in [0.25, 0.3) is 0 Å². The van der Waals surface area contributed by atoms with Crippen LogP contribution in [-0.4, -0.2) is 6.21 Å². The second-order valence-corrected chi connectivity index (χ2v) is 3.27. The topological polar surface area (TPSA) is 49.9 Å². The second-order valence-electron chi connectivity index (χ2n) is 3.27. The number of hydrogen-bond acceptors (Lipinski definition) is 2. The quantitative estimate of drug-likeness (QED) is 0.505. The van der Waals surface area contributed by atoms with Gasteiger partial charge in [0.25, 0.3) is 0 Å². The summed E-state index contributed by atoms with van der Waals surface area (Å²) in [5.41, 5.74) is 8.65. The lowest BCUT2D eigenvalue weighted by Crippen LogP contribution is -1.97. The molecule has 0 aromatic heterocycles. The molecule has 0 atom stereocenters. The molecule has 12 heavy (non-hydrogen) atoms. The Morgan fingerprint density at radius 3 is 2.75 bits per heavy atom. The lowest BCUT2D eigenvalue weighted by Gasteiger charge is -2.05. The van der Waals surface area contributed by atoms with Crippen molar-refractivity contribution in [3.05, 3.63) is 29.3 Å². The molecule has 1 aromatic rings. The van der Waals surface area contributed by atoms with E-state index in [1.807, 2.05) is 12.1 Å². The van der Waals surface area contributed by atoms with Crippen molar-refractivity contribution in [1.29, 1.82) is 5.41 Å². The monoisotopic (exact) mass is 160 g/mol. The summed E-state index contributed by atoms with van der Waals surface area (Å²) in [6.45, 7) is 0. The Labute approximate surface area is 71.9 Å². The third-order valence-corrected chi connectivity index (χ3v) is 2.34. The molecule has 2 rings (SSSR count). The highest BCUT2D eigenvalue weighted by atomic mass is 14.6. The van der Waals surface area contributed by atoms with Crippen LogP contribution in [0.3, 0.4) is 0 Å². The first-order chi connectivity index (χ1) is 5.83. The summed E-state index contributed by atoms with van der Waals surface area (Å²) in [5, 5.41) is 7.24. The predicted octanol–water partition coefficient (Wildman–Crippen LogP) is 2.14. The molecule has 0 amide bonds. The zero-order valence-corrected chi connectivity index (χ0v) is 6.88. The van der Waals surface area contributed by atoms with Gasteiger partial charge in [0, 0.05) is 17.5 Å². The van der Waals surface area contributed by atoms with E-state index in [2.05, 4.69) is 6.07 Å². The molecule has 3 N–H and O–H groups in total. The van der Waals surface area contributed by atoms with Crippen LogP contribution in [0.4, 0.5) is 5.69 Å². The van der Waals surface area contributed by atoms with E-state index < -0.39 is 0 Å². The Kier molecular flexibility index (Phi) is 1.61. The fourth-order valence-electron chi connectivity index (χ4n) is 1.52. The van der Waals surface area contributed by atoms with Gasteiger partial charge in [-0.2, -0.15) is 0 Å². The van der Waals surface area contributed by atoms with E-state index in [9.17, 15) is 0 Å². The third kappa shape index (κ3) is 1.09. The van der Waals surface area contributed by atoms with Gasteiger partial charge in [-0.05, 0) is 30.4 Å². The Balaban J connectivity index is 2.50. The SMILES string of the molecule is N=Cc1c(N)cccc1C1CC1. The number of nitrogens with one attached hydrogen (secondary N) is 1. The molecule has 0 bridgehead atoms. The lowest BCUT2D eigenvalue weighted by atomic mass is 10.0. The molecule has 1 aliphatic rings. The predicted molar refractivity (Wildman–Crippen MR) is 50.7 cm³/mol. The average molecular weight is 160 g/mol. The summed E-state index contributed by atoms with van der Waals surface area (Å²) in [7, 11) is 0. The van der Waals surface area contributed by atoms with Gasteiger partial charge in [-0.1, -0.05) is 12.1 Å². The van der Waals surface area contributed by atoms with Crippen molar-refractivity contribution in [3.63, 3.8) is 0 Å². The summed E-state index contributed by atoms with van der Waals surface area (Å²) >= 11 is 0. The van der Waals surface area contributed by atoms with E-state index in [1.165, 1.54) is 24.6 Å². The maximum atomic E-state index is 7.24. The van der Waals surface area contributed by atoms with Crippen LogP contribution in [0, 0.1) is 5.41 Å². The highest BCUT2D eigenvalue weighted by molar-refractivity contribution is 5.87. The van der Waals surface area contributed by atoms with Crippen molar-refractivity contribution in [1.82, 2.24) is 0 Å². The molecule has 0 radical (unpaired) electrons. The van der Waals surface area contributed by atoms with E-state index in [-0.39, 0.29) is 0 Å². The van der Waals surface area contributed by atoms with E-state index in [0.29, 0.717) is 5.92 Å². The molecule has 1 aromatic carbocycles. The van der Waals surface area contributed by atoms with Crippen LogP contribution in [0.5, 0.6) is 0 Å². The highest BCUT2D eigenvalue weighted by Crippen LogP contribution is 2.42. The number of anilines is 1. The van der Waals surface area contributed by atoms with Gasteiger partial charge in [-0.15, -0.1) is 0 Å². The van der Waals surface area contributed by atoms with Crippen molar-refractivity contribution in [2.45, 2.75) is 18.8 Å². The first kappa shape index (κ1) is 7.35. The van der Waals surface area contributed by atoms with Crippen molar-refractivity contribution >= 4 is 11.9 Å². The van der Waals surface area contributed by atoms with Gasteiger partial charge in [0.1, 0.15) is 0 Å². The van der Waals surface area contributed by atoms with Gasteiger partial charge in [0.15, 0.2) is 0 Å².